The molecule has 6 aromatic carbocycles. The number of phenols is 2. The van der Waals surface area contributed by atoms with Crippen LogP contribution in [0.3, 0.4) is 0 Å². The van der Waals surface area contributed by atoms with Gasteiger partial charge in [0.15, 0.2) is 0 Å². The average molecular weight is 743 g/mol. The van der Waals surface area contributed by atoms with Crippen molar-refractivity contribution in [1.29, 1.82) is 0 Å². The van der Waals surface area contributed by atoms with Gasteiger partial charge in [0, 0.05) is 33.3 Å². The van der Waals surface area contributed by atoms with E-state index in [4.69, 9.17) is 0 Å². The lowest BCUT2D eigenvalue weighted by Crippen LogP contribution is -2.20. The maximum absolute atomic E-state index is 13.2. The molecule has 0 aliphatic rings. The number of hydrogen-bond acceptors (Lipinski definition) is 9. The number of hydrogen-bond donors (Lipinski definition) is 8. The molecular formula is C35H26N4O11S2. The smallest absolute Gasteiger partial charge is 0.323 e. The molecule has 0 unspecified atom stereocenters. The van der Waals surface area contributed by atoms with Crippen LogP contribution in [0.5, 0.6) is 11.5 Å². The van der Waals surface area contributed by atoms with Crippen LogP contribution in [-0.2, 0) is 20.2 Å². The molecular weight excluding hydrogens is 717 g/mol. The van der Waals surface area contributed by atoms with E-state index in [1.54, 1.807) is 24.3 Å². The quantitative estimate of drug-likeness (QED) is 0.0834. The Balaban J connectivity index is 1.15. The summed E-state index contributed by atoms with van der Waals surface area (Å²) in [6.07, 6.45) is 0. The molecule has 264 valence electrons. The summed E-state index contributed by atoms with van der Waals surface area (Å²) in [7, 11) is -9.51. The van der Waals surface area contributed by atoms with Gasteiger partial charge in [-0.25, -0.2) is 4.79 Å². The fourth-order valence-corrected chi connectivity index (χ4v) is 6.64. The highest BCUT2D eigenvalue weighted by molar-refractivity contribution is 7.86. The predicted molar refractivity (Wildman–Crippen MR) is 192 cm³/mol. The minimum absolute atomic E-state index is 0.0166. The molecule has 6 rings (SSSR count). The summed E-state index contributed by atoms with van der Waals surface area (Å²) in [4.78, 5) is 37.8. The number of aromatic hydroxyl groups is 2. The van der Waals surface area contributed by atoms with Crippen LogP contribution >= 0.6 is 0 Å². The van der Waals surface area contributed by atoms with E-state index in [9.17, 15) is 50.5 Å². The number of phenolic OH excluding ortho intramolecular Hbond substituents is 2. The second kappa shape index (κ2) is 13.6. The van der Waals surface area contributed by atoms with Gasteiger partial charge in [-0.1, -0.05) is 48.5 Å². The van der Waals surface area contributed by atoms with Crippen LogP contribution < -0.4 is 21.3 Å². The number of nitrogens with one attached hydrogen (secondary N) is 4. The first-order valence-corrected chi connectivity index (χ1v) is 17.8. The van der Waals surface area contributed by atoms with Crippen molar-refractivity contribution >= 4 is 82.4 Å². The minimum atomic E-state index is -4.76. The molecule has 17 heteroatoms. The number of rotatable bonds is 8. The molecule has 15 nitrogen and oxygen atoms in total. The highest BCUT2D eigenvalue weighted by Gasteiger charge is 2.22. The van der Waals surface area contributed by atoms with Gasteiger partial charge in [-0.2, -0.15) is 16.8 Å². The average Bonchev–Trinajstić information content (AvgIpc) is 3.07. The third-order valence-corrected chi connectivity index (χ3v) is 9.55. The third-order valence-electron chi connectivity index (χ3n) is 7.78. The van der Waals surface area contributed by atoms with Gasteiger partial charge in [-0.05, 0) is 71.4 Å². The monoisotopic (exact) mass is 742 g/mol. The summed E-state index contributed by atoms with van der Waals surface area (Å²) in [6, 6.07) is 24.9. The van der Waals surface area contributed by atoms with Gasteiger partial charge in [0.2, 0.25) is 0 Å². The van der Waals surface area contributed by atoms with Crippen LogP contribution in [0.25, 0.3) is 21.5 Å². The van der Waals surface area contributed by atoms with E-state index in [-0.39, 0.29) is 44.6 Å². The second-order valence-corrected chi connectivity index (χ2v) is 14.0. The Bertz CT molecular complexity index is 2500. The van der Waals surface area contributed by atoms with Gasteiger partial charge in [0.05, 0.1) is 11.4 Å². The van der Waals surface area contributed by atoms with Gasteiger partial charge >= 0.3 is 6.03 Å². The lowest BCUT2D eigenvalue weighted by molar-refractivity contribution is 0.101. The van der Waals surface area contributed by atoms with E-state index >= 15 is 0 Å². The zero-order valence-corrected chi connectivity index (χ0v) is 28.0. The summed E-state index contributed by atoms with van der Waals surface area (Å²) < 4.78 is 65.8. The Morgan fingerprint density at radius 1 is 0.481 bits per heavy atom. The maximum Gasteiger partial charge on any atom is 0.323 e. The van der Waals surface area contributed by atoms with Gasteiger partial charge < -0.3 is 31.5 Å². The van der Waals surface area contributed by atoms with Crippen molar-refractivity contribution in [3.05, 3.63) is 120 Å². The third kappa shape index (κ3) is 7.32. The molecule has 4 amide bonds. The van der Waals surface area contributed by atoms with Crippen molar-refractivity contribution in [2.75, 3.05) is 21.3 Å². The van der Waals surface area contributed by atoms with E-state index in [0.29, 0.717) is 10.8 Å². The number of benzene rings is 6. The largest absolute Gasteiger partial charge is 0.506 e. The number of carbonyl (C=O) groups is 3. The fourth-order valence-electron chi connectivity index (χ4n) is 5.47. The molecule has 0 aliphatic carbocycles. The van der Waals surface area contributed by atoms with Crippen molar-refractivity contribution in [3.8, 4) is 11.5 Å². The number of carbonyl (C=O) groups excluding carboxylic acids is 3. The van der Waals surface area contributed by atoms with Crippen LogP contribution in [0.1, 0.15) is 20.7 Å². The minimum Gasteiger partial charge on any atom is -0.506 e. The van der Waals surface area contributed by atoms with E-state index in [1.165, 1.54) is 72.8 Å². The first kappa shape index (κ1) is 35.3. The SMILES string of the molecule is O=C(Nc1cccc(C(=O)Nc2cccc3ccc(S(=O)(=O)O)c(O)c23)c1)Nc1cccc(C(=O)Nc2cccc3ccc(S(=O)(=O)O)c(O)c23)c1. The van der Waals surface area contributed by atoms with Crippen molar-refractivity contribution in [2.24, 2.45) is 0 Å². The Hall–Kier alpha value is -6.53. The fraction of sp³-hybridized carbons (Fsp3) is 0. The van der Waals surface area contributed by atoms with Gasteiger partial charge in [-0.3, -0.25) is 18.7 Å². The van der Waals surface area contributed by atoms with Gasteiger partial charge in [0.1, 0.15) is 21.3 Å². The summed E-state index contributed by atoms with van der Waals surface area (Å²) in [5.41, 5.74) is 0.697. The zero-order chi connectivity index (χ0) is 37.4. The van der Waals surface area contributed by atoms with Crippen LogP contribution in [0.4, 0.5) is 27.5 Å². The summed E-state index contributed by atoms with van der Waals surface area (Å²) in [5.74, 6) is -2.82. The topological polar surface area (TPSA) is 249 Å². The first-order valence-electron chi connectivity index (χ1n) is 15.0. The summed E-state index contributed by atoms with van der Waals surface area (Å²) in [5, 5.41) is 32.3. The Kier molecular flexibility index (Phi) is 9.26. The van der Waals surface area contributed by atoms with Crippen LogP contribution in [0, 0.1) is 0 Å². The summed E-state index contributed by atoms with van der Waals surface area (Å²) >= 11 is 0. The standard InChI is InChI=1S/C35H26N4O11S2/c40-31-27(51(45,46)47)15-13-19-5-3-11-25(29(19)31)38-33(42)21-7-1-9-23(17-21)36-35(44)37-24-10-2-8-22(18-24)34(43)39-26-12-4-6-20-14-16-28(52(48,49)50)32(41)30(20)26/h1-18,40-41H,(H,38,42)(H,39,43)(H2,36,37,44)(H,45,46,47)(H,48,49,50). The molecule has 0 spiro atoms. The number of anilines is 4. The molecule has 8 N–H and O–H groups in total. The first-order chi connectivity index (χ1) is 24.6. The van der Waals surface area contributed by atoms with Crippen molar-refractivity contribution in [1.82, 2.24) is 0 Å². The van der Waals surface area contributed by atoms with E-state index < -0.39 is 59.4 Å². The van der Waals surface area contributed by atoms with Crippen molar-refractivity contribution in [2.45, 2.75) is 9.79 Å². The zero-order valence-electron chi connectivity index (χ0n) is 26.4. The molecule has 0 aliphatic heterocycles. The molecule has 0 saturated heterocycles. The Labute approximate surface area is 295 Å². The molecule has 0 heterocycles. The van der Waals surface area contributed by atoms with E-state index in [1.807, 2.05) is 0 Å². The second-order valence-electron chi connectivity index (χ2n) is 11.2. The van der Waals surface area contributed by atoms with Crippen LogP contribution in [-0.4, -0.2) is 54.0 Å². The number of amides is 4. The van der Waals surface area contributed by atoms with Crippen LogP contribution in [0.2, 0.25) is 0 Å². The number of urea groups is 1. The molecule has 0 aromatic heterocycles. The normalized spacial score (nSPS) is 11.6. The lowest BCUT2D eigenvalue weighted by atomic mass is 10.1. The highest BCUT2D eigenvalue weighted by Crippen LogP contribution is 2.38. The molecule has 0 radical (unpaired) electrons. The Morgan fingerprint density at radius 2 is 0.865 bits per heavy atom. The van der Waals surface area contributed by atoms with Gasteiger partial charge in [0.25, 0.3) is 32.1 Å². The predicted octanol–water partition coefficient (Wildman–Crippen LogP) is 6.05. The molecule has 0 bridgehead atoms. The molecule has 0 atom stereocenters. The van der Waals surface area contributed by atoms with Crippen LogP contribution in [0.15, 0.2) is 119 Å². The highest BCUT2D eigenvalue weighted by atomic mass is 32.2. The lowest BCUT2D eigenvalue weighted by Gasteiger charge is -2.13. The van der Waals surface area contributed by atoms with E-state index in [0.717, 1.165) is 12.1 Å². The molecule has 0 saturated carbocycles. The van der Waals surface area contributed by atoms with Gasteiger partial charge in [-0.15, -0.1) is 0 Å². The number of fused-ring (bicyclic) bond motifs is 2. The molecule has 0 fully saturated rings. The van der Waals surface area contributed by atoms with Crippen molar-refractivity contribution < 1.29 is 50.5 Å². The molecule has 6 aromatic rings. The summed E-state index contributed by atoms with van der Waals surface area (Å²) in [6.45, 7) is 0. The van der Waals surface area contributed by atoms with E-state index in [2.05, 4.69) is 21.3 Å². The maximum atomic E-state index is 13.2. The molecule has 52 heavy (non-hydrogen) atoms. The Morgan fingerprint density at radius 3 is 1.25 bits per heavy atom. The van der Waals surface area contributed by atoms with Crippen molar-refractivity contribution in [3.63, 3.8) is 0 Å².